The zero-order valence-corrected chi connectivity index (χ0v) is 12.5. The Morgan fingerprint density at radius 3 is 1.52 bits per heavy atom. The molecule has 0 atom stereocenters. The van der Waals surface area contributed by atoms with Gasteiger partial charge < -0.3 is 19.8 Å². The molecule has 0 bridgehead atoms. The minimum absolute atomic E-state index is 0.133. The summed E-state index contributed by atoms with van der Waals surface area (Å²) in [5, 5.41) is 0. The molecule has 0 aliphatic carbocycles. The monoisotopic (exact) mass is 308 g/mol. The smallest absolute Gasteiger partial charge is 0.399 e. The number of hydrogen-bond acceptors (Lipinski definition) is 6. The van der Waals surface area contributed by atoms with Gasteiger partial charge in [0.1, 0.15) is 11.5 Å². The molecule has 2 rings (SSSR count). The Labute approximate surface area is 123 Å². The van der Waals surface area contributed by atoms with E-state index in [1.807, 2.05) is 0 Å². The molecule has 0 radical (unpaired) electrons. The lowest BCUT2D eigenvalue weighted by Crippen LogP contribution is -2.16. The van der Waals surface area contributed by atoms with Crippen LogP contribution < -0.4 is 19.8 Å². The van der Waals surface area contributed by atoms with Crippen molar-refractivity contribution >= 4 is 21.8 Å². The van der Waals surface area contributed by atoms with Gasteiger partial charge in [0.25, 0.3) is 0 Å². The lowest BCUT2D eigenvalue weighted by atomic mass is 10.2. The molecule has 4 N–H and O–H groups in total. The summed E-state index contributed by atoms with van der Waals surface area (Å²) in [4.78, 5) is 0. The first-order valence-electron chi connectivity index (χ1n) is 6.13. The third-order valence-corrected chi connectivity index (χ3v) is 3.67. The Morgan fingerprint density at radius 1 is 0.810 bits per heavy atom. The molecule has 0 amide bonds. The highest BCUT2D eigenvalue weighted by atomic mass is 32.3. The standard InChI is InChI=1S/C14H16N2O4S/c1-9-7-11(3-5-13(9)15)19-21(17,18)20-12-4-6-14(16)10(2)8-12/h3-8H,15-16H2,1-2H3. The van der Waals surface area contributed by atoms with E-state index in [2.05, 4.69) is 0 Å². The molecule has 2 aromatic carbocycles. The fourth-order valence-corrected chi connectivity index (χ4v) is 2.37. The van der Waals surface area contributed by atoms with Crippen LogP contribution in [0, 0.1) is 13.8 Å². The van der Waals surface area contributed by atoms with Crippen LogP contribution in [0.4, 0.5) is 11.4 Å². The van der Waals surface area contributed by atoms with Crippen LogP contribution in [0.5, 0.6) is 11.5 Å². The number of hydrogen-bond donors (Lipinski definition) is 2. The zero-order chi connectivity index (χ0) is 15.6. The molecule has 0 fully saturated rings. The summed E-state index contributed by atoms with van der Waals surface area (Å²) >= 11 is 0. The van der Waals surface area contributed by atoms with Crippen molar-refractivity contribution in [3.05, 3.63) is 47.5 Å². The largest absolute Gasteiger partial charge is 0.500 e. The topological polar surface area (TPSA) is 105 Å². The van der Waals surface area contributed by atoms with Gasteiger partial charge in [-0.1, -0.05) is 0 Å². The average molecular weight is 308 g/mol. The fourth-order valence-electron chi connectivity index (χ4n) is 1.65. The molecule has 0 saturated heterocycles. The van der Waals surface area contributed by atoms with Crippen LogP contribution in [-0.4, -0.2) is 8.42 Å². The van der Waals surface area contributed by atoms with Crippen molar-refractivity contribution in [1.29, 1.82) is 0 Å². The number of anilines is 2. The van der Waals surface area contributed by atoms with E-state index in [1.54, 1.807) is 26.0 Å². The van der Waals surface area contributed by atoms with Crippen LogP contribution in [-0.2, 0) is 10.4 Å². The molecule has 7 heteroatoms. The van der Waals surface area contributed by atoms with Crippen molar-refractivity contribution in [2.75, 3.05) is 11.5 Å². The van der Waals surface area contributed by atoms with Gasteiger partial charge in [0, 0.05) is 11.4 Å². The molecule has 2 aromatic rings. The molecule has 21 heavy (non-hydrogen) atoms. The number of nitrogens with two attached hydrogens (primary N) is 2. The van der Waals surface area contributed by atoms with Gasteiger partial charge in [-0.25, -0.2) is 0 Å². The molecular weight excluding hydrogens is 292 g/mol. The molecule has 0 saturated carbocycles. The van der Waals surface area contributed by atoms with Gasteiger partial charge >= 0.3 is 10.4 Å². The van der Waals surface area contributed by atoms with Gasteiger partial charge in [0.05, 0.1) is 0 Å². The first-order chi connectivity index (χ1) is 9.77. The Hall–Kier alpha value is -2.41. The summed E-state index contributed by atoms with van der Waals surface area (Å²) in [6.07, 6.45) is 0. The fraction of sp³-hybridized carbons (Fsp3) is 0.143. The van der Waals surface area contributed by atoms with E-state index in [4.69, 9.17) is 19.8 Å². The average Bonchev–Trinajstić information content (AvgIpc) is 2.37. The van der Waals surface area contributed by atoms with Gasteiger partial charge in [0.15, 0.2) is 0 Å². The summed E-state index contributed by atoms with van der Waals surface area (Å²) in [7, 11) is -4.23. The van der Waals surface area contributed by atoms with Crippen molar-refractivity contribution in [2.45, 2.75) is 13.8 Å². The summed E-state index contributed by atoms with van der Waals surface area (Å²) in [6, 6.07) is 9.07. The minimum atomic E-state index is -4.23. The van der Waals surface area contributed by atoms with E-state index < -0.39 is 10.4 Å². The zero-order valence-electron chi connectivity index (χ0n) is 11.7. The van der Waals surface area contributed by atoms with Crippen molar-refractivity contribution in [3.8, 4) is 11.5 Å². The van der Waals surface area contributed by atoms with E-state index >= 15 is 0 Å². The molecule has 6 nitrogen and oxygen atoms in total. The second kappa shape index (κ2) is 5.53. The van der Waals surface area contributed by atoms with Crippen molar-refractivity contribution < 1.29 is 16.8 Å². The normalized spacial score (nSPS) is 11.1. The van der Waals surface area contributed by atoms with Crippen LogP contribution in [0.25, 0.3) is 0 Å². The SMILES string of the molecule is Cc1cc(OS(=O)(=O)Oc2ccc(N)c(C)c2)ccc1N. The van der Waals surface area contributed by atoms with E-state index in [0.29, 0.717) is 22.5 Å². The summed E-state index contributed by atoms with van der Waals surface area (Å²) < 4.78 is 33.5. The molecule has 112 valence electrons. The molecule has 0 aliphatic heterocycles. The lowest BCUT2D eigenvalue weighted by Gasteiger charge is -2.10. The van der Waals surface area contributed by atoms with E-state index in [1.165, 1.54) is 24.3 Å². The first-order valence-corrected chi connectivity index (χ1v) is 7.46. The summed E-state index contributed by atoms with van der Waals surface area (Å²) in [5.41, 5.74) is 13.8. The molecule has 0 heterocycles. The number of nitrogen functional groups attached to an aromatic ring is 2. The highest BCUT2D eigenvalue weighted by molar-refractivity contribution is 7.82. The molecule has 0 unspecified atom stereocenters. The summed E-state index contributed by atoms with van der Waals surface area (Å²) in [6.45, 7) is 3.50. The van der Waals surface area contributed by atoms with Crippen molar-refractivity contribution in [2.24, 2.45) is 0 Å². The van der Waals surface area contributed by atoms with E-state index in [9.17, 15) is 8.42 Å². The molecular formula is C14H16N2O4S. The van der Waals surface area contributed by atoms with Crippen LogP contribution in [0.15, 0.2) is 36.4 Å². The Bertz CT molecular complexity index is 713. The van der Waals surface area contributed by atoms with Crippen molar-refractivity contribution in [3.63, 3.8) is 0 Å². The molecule has 0 aromatic heterocycles. The van der Waals surface area contributed by atoms with Gasteiger partial charge in [-0.05, 0) is 61.4 Å². The third kappa shape index (κ3) is 3.79. The van der Waals surface area contributed by atoms with Crippen LogP contribution in [0.3, 0.4) is 0 Å². The number of rotatable bonds is 4. The predicted octanol–water partition coefficient (Wildman–Crippen LogP) is 2.17. The highest BCUT2D eigenvalue weighted by Crippen LogP contribution is 2.23. The van der Waals surface area contributed by atoms with Crippen molar-refractivity contribution in [1.82, 2.24) is 0 Å². The number of aryl methyl sites for hydroxylation is 2. The summed E-state index contributed by atoms with van der Waals surface area (Å²) in [5.74, 6) is 0.266. The number of benzene rings is 2. The van der Waals surface area contributed by atoms with Gasteiger partial charge in [0.2, 0.25) is 0 Å². The van der Waals surface area contributed by atoms with Gasteiger partial charge in [-0.15, -0.1) is 8.42 Å². The van der Waals surface area contributed by atoms with Crippen LogP contribution >= 0.6 is 0 Å². The minimum Gasteiger partial charge on any atom is -0.399 e. The second-order valence-corrected chi connectivity index (χ2v) is 5.76. The lowest BCUT2D eigenvalue weighted by molar-refractivity contribution is 0.392. The molecule has 0 spiro atoms. The van der Waals surface area contributed by atoms with Gasteiger partial charge in [-0.3, -0.25) is 0 Å². The van der Waals surface area contributed by atoms with Gasteiger partial charge in [-0.2, -0.15) is 0 Å². The Balaban J connectivity index is 2.18. The first kappa shape index (κ1) is 15.0. The maximum absolute atomic E-state index is 11.9. The van der Waals surface area contributed by atoms with E-state index in [0.717, 1.165) is 0 Å². The Morgan fingerprint density at radius 2 is 1.19 bits per heavy atom. The third-order valence-electron chi connectivity index (χ3n) is 2.88. The van der Waals surface area contributed by atoms with E-state index in [-0.39, 0.29) is 11.5 Å². The predicted molar refractivity (Wildman–Crippen MR) is 81.4 cm³/mol. The van der Waals surface area contributed by atoms with Crippen LogP contribution in [0.1, 0.15) is 11.1 Å². The van der Waals surface area contributed by atoms with Crippen LogP contribution in [0.2, 0.25) is 0 Å². The maximum atomic E-state index is 11.9. The highest BCUT2D eigenvalue weighted by Gasteiger charge is 2.16. The maximum Gasteiger partial charge on any atom is 0.500 e. The Kier molecular flexibility index (Phi) is 3.95. The second-order valence-electron chi connectivity index (χ2n) is 4.61. The quantitative estimate of drug-likeness (QED) is 0.839. The molecule has 0 aliphatic rings.